The molecule has 0 heterocycles. The molecule has 2 aromatic rings. The van der Waals surface area contributed by atoms with E-state index < -0.39 is 7.37 Å². The highest BCUT2D eigenvalue weighted by molar-refractivity contribution is 7.66. The van der Waals surface area contributed by atoms with Crippen LogP contribution in [-0.2, 0) is 4.57 Å². The van der Waals surface area contributed by atoms with Gasteiger partial charge in [-0.15, -0.1) is 0 Å². The second-order valence-electron chi connectivity index (χ2n) is 4.78. The zero-order valence-corrected chi connectivity index (χ0v) is 12.3. The van der Waals surface area contributed by atoms with Crippen LogP contribution < -0.4 is 5.30 Å². The lowest BCUT2D eigenvalue weighted by Gasteiger charge is -2.16. The van der Waals surface area contributed by atoms with E-state index >= 15 is 0 Å². The smallest absolute Gasteiger partial charge is 0.230 e. The predicted octanol–water partition coefficient (Wildman–Crippen LogP) is 4.19. The van der Waals surface area contributed by atoms with Gasteiger partial charge in [0.25, 0.3) is 0 Å². The minimum absolute atomic E-state index is 0.231. The van der Waals surface area contributed by atoms with E-state index in [4.69, 9.17) is 0 Å². The van der Waals surface area contributed by atoms with Crippen LogP contribution in [0.15, 0.2) is 48.5 Å². The standard InChI is InChI=1S/C16H18FO2P/c1-2-3-12-20(18,19)16-11-7-5-9-14(16)13-8-4-6-10-15(13)17/h4-11H,2-3,12H2,1H3,(H,18,19). The van der Waals surface area contributed by atoms with Crippen molar-refractivity contribution >= 4 is 12.7 Å². The molecule has 0 aliphatic carbocycles. The maximum atomic E-state index is 13.9. The average Bonchev–Trinajstić information content (AvgIpc) is 2.46. The summed E-state index contributed by atoms with van der Waals surface area (Å²) in [5, 5.41) is 0.346. The molecule has 0 amide bonds. The Labute approximate surface area is 118 Å². The molecule has 2 nitrogen and oxygen atoms in total. The lowest BCUT2D eigenvalue weighted by atomic mass is 10.1. The summed E-state index contributed by atoms with van der Waals surface area (Å²) in [7, 11) is -3.45. The SMILES string of the molecule is CCCCP(=O)(O)c1ccccc1-c1ccccc1F. The number of rotatable bonds is 5. The fraction of sp³-hybridized carbons (Fsp3) is 0.250. The van der Waals surface area contributed by atoms with Gasteiger partial charge in [0.2, 0.25) is 7.37 Å². The fourth-order valence-corrected chi connectivity index (χ4v) is 4.05. The Hall–Kier alpha value is -1.44. The van der Waals surface area contributed by atoms with Crippen molar-refractivity contribution < 1.29 is 13.8 Å². The molecule has 0 spiro atoms. The Kier molecular flexibility index (Phi) is 4.74. The largest absolute Gasteiger partial charge is 0.341 e. The van der Waals surface area contributed by atoms with Crippen molar-refractivity contribution in [1.82, 2.24) is 0 Å². The van der Waals surface area contributed by atoms with Crippen LogP contribution in [0.1, 0.15) is 19.8 Å². The predicted molar refractivity (Wildman–Crippen MR) is 81.1 cm³/mol. The van der Waals surface area contributed by atoms with Gasteiger partial charge < -0.3 is 4.89 Å². The molecule has 0 saturated carbocycles. The summed E-state index contributed by atoms with van der Waals surface area (Å²) in [6, 6.07) is 13.1. The van der Waals surface area contributed by atoms with Crippen molar-refractivity contribution in [2.24, 2.45) is 0 Å². The molecule has 0 bridgehead atoms. The van der Waals surface area contributed by atoms with E-state index in [-0.39, 0.29) is 12.0 Å². The maximum absolute atomic E-state index is 13.9. The molecular weight excluding hydrogens is 274 g/mol. The van der Waals surface area contributed by atoms with Crippen LogP contribution >= 0.6 is 7.37 Å². The van der Waals surface area contributed by atoms with Gasteiger partial charge in [0.1, 0.15) is 5.82 Å². The number of unbranched alkanes of at least 4 members (excludes halogenated alkanes) is 1. The van der Waals surface area contributed by atoms with Crippen molar-refractivity contribution in [3.8, 4) is 11.1 Å². The molecule has 0 aliphatic heterocycles. The molecule has 0 fully saturated rings. The third kappa shape index (κ3) is 3.17. The molecule has 2 rings (SSSR count). The number of benzene rings is 2. The molecule has 20 heavy (non-hydrogen) atoms. The third-order valence-electron chi connectivity index (χ3n) is 3.26. The van der Waals surface area contributed by atoms with Crippen LogP contribution in [0.4, 0.5) is 4.39 Å². The van der Waals surface area contributed by atoms with Crippen LogP contribution in [0.5, 0.6) is 0 Å². The fourth-order valence-electron chi connectivity index (χ4n) is 2.18. The molecule has 106 valence electrons. The quantitative estimate of drug-likeness (QED) is 0.839. The summed E-state index contributed by atoms with van der Waals surface area (Å²) >= 11 is 0. The van der Waals surface area contributed by atoms with Crippen molar-refractivity contribution in [3.63, 3.8) is 0 Å². The molecule has 1 unspecified atom stereocenters. The first-order valence-corrected chi connectivity index (χ1v) is 8.57. The highest BCUT2D eigenvalue weighted by atomic mass is 31.2. The molecule has 0 aromatic heterocycles. The second kappa shape index (κ2) is 6.34. The maximum Gasteiger partial charge on any atom is 0.230 e. The Bertz CT molecular complexity index is 640. The van der Waals surface area contributed by atoms with Crippen molar-refractivity contribution in [2.45, 2.75) is 19.8 Å². The van der Waals surface area contributed by atoms with E-state index in [1.807, 2.05) is 6.92 Å². The number of hydrogen-bond acceptors (Lipinski definition) is 1. The Morgan fingerprint density at radius 1 is 1.05 bits per heavy atom. The topological polar surface area (TPSA) is 37.3 Å². The summed E-state index contributed by atoms with van der Waals surface area (Å²) in [5.74, 6) is -0.379. The first-order valence-electron chi connectivity index (χ1n) is 6.72. The zero-order valence-electron chi connectivity index (χ0n) is 11.4. The summed E-state index contributed by atoms with van der Waals surface area (Å²) < 4.78 is 26.4. The summed E-state index contributed by atoms with van der Waals surface area (Å²) in [5.41, 5.74) is 0.876. The molecule has 4 heteroatoms. The minimum atomic E-state index is -3.45. The number of hydrogen-bond donors (Lipinski definition) is 1. The van der Waals surface area contributed by atoms with E-state index in [0.29, 0.717) is 22.9 Å². The van der Waals surface area contributed by atoms with Crippen LogP contribution in [0, 0.1) is 5.82 Å². The first kappa shape index (κ1) is 15.0. The van der Waals surface area contributed by atoms with Gasteiger partial charge in [0.05, 0.1) is 0 Å². The summed E-state index contributed by atoms with van der Waals surface area (Å²) in [4.78, 5) is 10.3. The summed E-state index contributed by atoms with van der Waals surface area (Å²) in [6.07, 6.45) is 1.76. The Morgan fingerprint density at radius 3 is 2.30 bits per heavy atom. The van der Waals surface area contributed by atoms with Gasteiger partial charge in [-0.05, 0) is 24.1 Å². The molecule has 1 atom stereocenters. The normalized spacial score (nSPS) is 13.9. The lowest BCUT2D eigenvalue weighted by molar-refractivity contribution is 0.487. The summed E-state index contributed by atoms with van der Waals surface area (Å²) in [6.45, 7) is 1.97. The Balaban J connectivity index is 2.52. The highest BCUT2D eigenvalue weighted by Gasteiger charge is 2.24. The zero-order chi connectivity index (χ0) is 14.6. The van der Waals surface area contributed by atoms with Crippen LogP contribution in [0.25, 0.3) is 11.1 Å². The van der Waals surface area contributed by atoms with E-state index in [9.17, 15) is 13.8 Å². The molecule has 2 aromatic carbocycles. The van der Waals surface area contributed by atoms with Gasteiger partial charge in [-0.2, -0.15) is 0 Å². The molecule has 1 N–H and O–H groups in total. The van der Waals surface area contributed by atoms with Gasteiger partial charge in [-0.1, -0.05) is 49.7 Å². The second-order valence-corrected chi connectivity index (χ2v) is 7.11. The molecular formula is C16H18FO2P. The van der Waals surface area contributed by atoms with E-state index in [1.54, 1.807) is 42.5 Å². The Morgan fingerprint density at radius 2 is 1.65 bits per heavy atom. The number of halogens is 1. The third-order valence-corrected chi connectivity index (χ3v) is 5.32. The van der Waals surface area contributed by atoms with Gasteiger partial charge >= 0.3 is 0 Å². The van der Waals surface area contributed by atoms with Crippen LogP contribution in [0.2, 0.25) is 0 Å². The minimum Gasteiger partial charge on any atom is -0.341 e. The molecule has 0 saturated heterocycles. The van der Waals surface area contributed by atoms with Gasteiger partial charge in [0.15, 0.2) is 0 Å². The van der Waals surface area contributed by atoms with Gasteiger partial charge in [-0.3, -0.25) is 4.57 Å². The van der Waals surface area contributed by atoms with Crippen LogP contribution in [0.3, 0.4) is 0 Å². The van der Waals surface area contributed by atoms with Crippen molar-refractivity contribution in [1.29, 1.82) is 0 Å². The molecule has 0 radical (unpaired) electrons. The highest BCUT2D eigenvalue weighted by Crippen LogP contribution is 2.43. The lowest BCUT2D eigenvalue weighted by Crippen LogP contribution is -2.11. The van der Waals surface area contributed by atoms with Crippen LogP contribution in [-0.4, -0.2) is 11.1 Å². The monoisotopic (exact) mass is 292 g/mol. The average molecular weight is 292 g/mol. The molecule has 0 aliphatic rings. The van der Waals surface area contributed by atoms with E-state index in [1.165, 1.54) is 6.07 Å². The van der Waals surface area contributed by atoms with Gasteiger partial charge in [-0.25, -0.2) is 4.39 Å². The van der Waals surface area contributed by atoms with Gasteiger partial charge in [0, 0.05) is 17.0 Å². The van der Waals surface area contributed by atoms with E-state index in [0.717, 1.165) is 6.42 Å². The first-order chi connectivity index (χ1) is 9.56. The van der Waals surface area contributed by atoms with Crippen molar-refractivity contribution in [3.05, 3.63) is 54.3 Å². The van der Waals surface area contributed by atoms with E-state index in [2.05, 4.69) is 0 Å². The van der Waals surface area contributed by atoms with Crippen molar-refractivity contribution in [2.75, 3.05) is 6.16 Å².